The SMILES string of the molecule is CCOCC(=O)C(C)C#N. The van der Waals surface area contributed by atoms with Gasteiger partial charge < -0.3 is 4.74 Å². The number of nitrogens with zero attached hydrogens (tertiary/aromatic N) is 1. The van der Waals surface area contributed by atoms with Gasteiger partial charge in [0.05, 0.1) is 6.07 Å². The number of Topliss-reactive ketones (excluding diaryl/α,β-unsaturated/α-hetero) is 1. The highest BCUT2D eigenvalue weighted by molar-refractivity contribution is 5.83. The molecule has 3 nitrogen and oxygen atoms in total. The van der Waals surface area contributed by atoms with Gasteiger partial charge in [0, 0.05) is 6.61 Å². The van der Waals surface area contributed by atoms with Crippen molar-refractivity contribution in [3.63, 3.8) is 0 Å². The van der Waals surface area contributed by atoms with Gasteiger partial charge in [-0.2, -0.15) is 5.26 Å². The first-order chi connectivity index (χ1) is 4.72. The van der Waals surface area contributed by atoms with Gasteiger partial charge in [0.2, 0.25) is 0 Å². The lowest BCUT2D eigenvalue weighted by Gasteiger charge is -2.00. The Labute approximate surface area is 60.6 Å². The molecule has 0 heterocycles. The summed E-state index contributed by atoms with van der Waals surface area (Å²) in [5.74, 6) is -0.684. The summed E-state index contributed by atoms with van der Waals surface area (Å²) in [5.41, 5.74) is 0. The molecule has 0 aliphatic carbocycles. The van der Waals surface area contributed by atoms with E-state index in [1.165, 1.54) is 0 Å². The zero-order chi connectivity index (χ0) is 7.98. The maximum Gasteiger partial charge on any atom is 0.175 e. The molecule has 0 amide bonds. The Bertz CT molecular complexity index is 148. The molecule has 56 valence electrons. The van der Waals surface area contributed by atoms with E-state index in [4.69, 9.17) is 10.00 Å². The number of rotatable bonds is 4. The van der Waals surface area contributed by atoms with Crippen molar-refractivity contribution in [2.45, 2.75) is 13.8 Å². The molecule has 0 aromatic rings. The van der Waals surface area contributed by atoms with Gasteiger partial charge in [-0.05, 0) is 13.8 Å². The molecule has 1 atom stereocenters. The third-order valence-electron chi connectivity index (χ3n) is 1.13. The molecule has 0 saturated heterocycles. The molecule has 0 N–H and O–H groups in total. The minimum absolute atomic E-state index is 0.0607. The highest BCUT2D eigenvalue weighted by atomic mass is 16.5. The van der Waals surface area contributed by atoms with Crippen LogP contribution >= 0.6 is 0 Å². The van der Waals surface area contributed by atoms with E-state index in [2.05, 4.69) is 0 Å². The quantitative estimate of drug-likeness (QED) is 0.580. The fourth-order valence-electron chi connectivity index (χ4n) is 0.400. The lowest BCUT2D eigenvalue weighted by molar-refractivity contribution is -0.125. The van der Waals surface area contributed by atoms with Crippen molar-refractivity contribution in [3.05, 3.63) is 0 Å². The van der Waals surface area contributed by atoms with Crippen molar-refractivity contribution in [2.24, 2.45) is 5.92 Å². The summed E-state index contributed by atoms with van der Waals surface area (Å²) in [6.07, 6.45) is 0. The summed E-state index contributed by atoms with van der Waals surface area (Å²) >= 11 is 0. The van der Waals surface area contributed by atoms with E-state index in [1.54, 1.807) is 6.92 Å². The van der Waals surface area contributed by atoms with Gasteiger partial charge in [0.15, 0.2) is 5.78 Å². The molecule has 0 saturated carbocycles. The van der Waals surface area contributed by atoms with Crippen LogP contribution in [-0.4, -0.2) is 19.0 Å². The van der Waals surface area contributed by atoms with Crippen LogP contribution in [0.1, 0.15) is 13.8 Å². The van der Waals surface area contributed by atoms with Crippen molar-refractivity contribution in [1.82, 2.24) is 0 Å². The summed E-state index contributed by atoms with van der Waals surface area (Å²) in [5, 5.41) is 8.28. The average molecular weight is 141 g/mol. The van der Waals surface area contributed by atoms with E-state index >= 15 is 0 Å². The standard InChI is InChI=1S/C7H11NO2/c1-3-10-5-7(9)6(2)4-8/h6H,3,5H2,1-2H3. The monoisotopic (exact) mass is 141 g/mol. The number of carbonyl (C=O) groups excluding carboxylic acids is 1. The molecule has 0 aromatic heterocycles. The normalized spacial score (nSPS) is 12.1. The molecule has 0 spiro atoms. The summed E-state index contributed by atoms with van der Waals surface area (Å²) in [6.45, 7) is 3.96. The minimum atomic E-state index is -0.536. The molecule has 0 aliphatic heterocycles. The first-order valence-corrected chi connectivity index (χ1v) is 3.22. The van der Waals surface area contributed by atoms with E-state index in [0.717, 1.165) is 0 Å². The second-order valence-electron chi connectivity index (χ2n) is 1.95. The molecule has 0 fully saturated rings. The number of carbonyl (C=O) groups is 1. The molecule has 0 aliphatic rings. The van der Waals surface area contributed by atoms with Crippen molar-refractivity contribution >= 4 is 5.78 Å². The van der Waals surface area contributed by atoms with E-state index in [-0.39, 0.29) is 12.4 Å². The van der Waals surface area contributed by atoms with Crippen molar-refractivity contribution in [2.75, 3.05) is 13.2 Å². The molecule has 0 rings (SSSR count). The Balaban J connectivity index is 3.54. The van der Waals surface area contributed by atoms with Crippen molar-refractivity contribution in [3.8, 4) is 6.07 Å². The molecule has 10 heavy (non-hydrogen) atoms. The highest BCUT2D eigenvalue weighted by Gasteiger charge is 2.10. The second kappa shape index (κ2) is 4.95. The topological polar surface area (TPSA) is 50.1 Å². The van der Waals surface area contributed by atoms with Crippen LogP contribution in [0.2, 0.25) is 0 Å². The number of nitriles is 1. The highest BCUT2D eigenvalue weighted by Crippen LogP contribution is 1.93. The second-order valence-corrected chi connectivity index (χ2v) is 1.95. The smallest absolute Gasteiger partial charge is 0.175 e. The van der Waals surface area contributed by atoms with E-state index in [0.29, 0.717) is 6.61 Å². The van der Waals surface area contributed by atoms with Crippen LogP contribution in [0.15, 0.2) is 0 Å². The Kier molecular flexibility index (Phi) is 4.51. The predicted octanol–water partition coefficient (Wildman–Crippen LogP) is 0.752. The number of ketones is 1. The van der Waals surface area contributed by atoms with Gasteiger partial charge in [-0.3, -0.25) is 4.79 Å². The Morgan fingerprint density at radius 3 is 2.80 bits per heavy atom. The van der Waals surface area contributed by atoms with E-state index in [9.17, 15) is 4.79 Å². The first-order valence-electron chi connectivity index (χ1n) is 3.22. The molecular formula is C7H11NO2. The Morgan fingerprint density at radius 2 is 2.40 bits per heavy atom. The molecule has 0 radical (unpaired) electrons. The largest absolute Gasteiger partial charge is 0.374 e. The maximum absolute atomic E-state index is 10.8. The zero-order valence-electron chi connectivity index (χ0n) is 6.26. The van der Waals surface area contributed by atoms with Crippen LogP contribution in [-0.2, 0) is 9.53 Å². The van der Waals surface area contributed by atoms with Gasteiger partial charge in [-0.15, -0.1) is 0 Å². The molecule has 3 heteroatoms. The van der Waals surface area contributed by atoms with E-state index < -0.39 is 5.92 Å². The van der Waals surface area contributed by atoms with Crippen LogP contribution in [0, 0.1) is 17.2 Å². The molecule has 1 unspecified atom stereocenters. The van der Waals surface area contributed by atoms with Crippen LogP contribution in [0.3, 0.4) is 0 Å². The van der Waals surface area contributed by atoms with Crippen LogP contribution in [0.5, 0.6) is 0 Å². The van der Waals surface area contributed by atoms with E-state index in [1.807, 2.05) is 13.0 Å². The van der Waals surface area contributed by atoms with Crippen molar-refractivity contribution < 1.29 is 9.53 Å². The summed E-state index contributed by atoms with van der Waals surface area (Å²) in [4.78, 5) is 10.8. The molecule has 0 bridgehead atoms. The predicted molar refractivity (Wildman–Crippen MR) is 36.3 cm³/mol. The summed E-state index contributed by atoms with van der Waals surface area (Å²) < 4.78 is 4.82. The fraction of sp³-hybridized carbons (Fsp3) is 0.714. The van der Waals surface area contributed by atoms with Gasteiger partial charge in [-0.1, -0.05) is 0 Å². The minimum Gasteiger partial charge on any atom is -0.374 e. The number of ether oxygens (including phenoxy) is 1. The zero-order valence-corrected chi connectivity index (χ0v) is 6.26. The molecule has 0 aromatic carbocycles. The summed E-state index contributed by atoms with van der Waals surface area (Å²) in [7, 11) is 0. The van der Waals surface area contributed by atoms with Gasteiger partial charge in [0.1, 0.15) is 12.5 Å². The third-order valence-corrected chi connectivity index (χ3v) is 1.13. The Hall–Kier alpha value is -0.880. The summed E-state index contributed by atoms with van der Waals surface area (Å²) in [6, 6.07) is 1.84. The third kappa shape index (κ3) is 3.21. The van der Waals surface area contributed by atoms with Crippen LogP contribution < -0.4 is 0 Å². The number of hydrogen-bond acceptors (Lipinski definition) is 3. The molecular weight excluding hydrogens is 130 g/mol. The van der Waals surface area contributed by atoms with Gasteiger partial charge in [0.25, 0.3) is 0 Å². The van der Waals surface area contributed by atoms with Gasteiger partial charge in [-0.25, -0.2) is 0 Å². The van der Waals surface area contributed by atoms with Crippen LogP contribution in [0.4, 0.5) is 0 Å². The van der Waals surface area contributed by atoms with Crippen LogP contribution in [0.25, 0.3) is 0 Å². The average Bonchev–Trinajstić information content (AvgIpc) is 1.98. The lowest BCUT2D eigenvalue weighted by atomic mass is 10.1. The maximum atomic E-state index is 10.8. The Morgan fingerprint density at radius 1 is 1.80 bits per heavy atom. The first kappa shape index (κ1) is 9.12. The van der Waals surface area contributed by atoms with Gasteiger partial charge >= 0.3 is 0 Å². The lowest BCUT2D eigenvalue weighted by Crippen LogP contribution is -2.15. The van der Waals surface area contributed by atoms with Crippen molar-refractivity contribution in [1.29, 1.82) is 5.26 Å². The fourth-order valence-corrected chi connectivity index (χ4v) is 0.400. The number of hydrogen-bond donors (Lipinski definition) is 0.